The molecule has 1 atom stereocenters. The van der Waals surface area contributed by atoms with E-state index in [4.69, 9.17) is 11.6 Å². The van der Waals surface area contributed by atoms with Gasteiger partial charge in [-0.15, -0.1) is 11.3 Å². The molecule has 3 heterocycles. The summed E-state index contributed by atoms with van der Waals surface area (Å²) in [7, 11) is 0. The van der Waals surface area contributed by atoms with Gasteiger partial charge in [0.15, 0.2) is 5.65 Å². The van der Waals surface area contributed by atoms with Gasteiger partial charge in [0, 0.05) is 24.0 Å². The quantitative estimate of drug-likeness (QED) is 0.723. The maximum Gasteiger partial charge on any atom is 0.226 e. The summed E-state index contributed by atoms with van der Waals surface area (Å²) in [5, 5.41) is 14.1. The average molecular weight is 295 g/mol. The third-order valence-corrected chi connectivity index (χ3v) is 3.91. The number of fused-ring (bicyclic) bond motifs is 1. The molecule has 6 nitrogen and oxygen atoms in total. The van der Waals surface area contributed by atoms with Crippen LogP contribution >= 0.6 is 22.9 Å². The molecule has 0 aliphatic rings. The van der Waals surface area contributed by atoms with Crippen LogP contribution in [0.2, 0.25) is 5.28 Å². The summed E-state index contributed by atoms with van der Waals surface area (Å²) in [6.45, 7) is 2.84. The van der Waals surface area contributed by atoms with Crippen LogP contribution in [0.5, 0.6) is 0 Å². The molecule has 8 heteroatoms. The Morgan fingerprint density at radius 2 is 2.37 bits per heavy atom. The minimum absolute atomic E-state index is 0.196. The van der Waals surface area contributed by atoms with Gasteiger partial charge in [-0.25, -0.2) is 4.98 Å². The summed E-state index contributed by atoms with van der Waals surface area (Å²) < 4.78 is 0. The van der Waals surface area contributed by atoms with E-state index in [1.165, 1.54) is 0 Å². The van der Waals surface area contributed by atoms with Gasteiger partial charge < -0.3 is 5.32 Å². The molecule has 0 spiro atoms. The lowest BCUT2D eigenvalue weighted by molar-refractivity contribution is 0.792. The smallest absolute Gasteiger partial charge is 0.226 e. The van der Waals surface area contributed by atoms with Crippen LogP contribution < -0.4 is 5.32 Å². The number of nitrogens with zero attached hydrogens (tertiary/aromatic N) is 4. The maximum absolute atomic E-state index is 5.88. The number of aromatic amines is 1. The maximum atomic E-state index is 5.88. The predicted octanol–water partition coefficient (Wildman–Crippen LogP) is 2.68. The highest BCUT2D eigenvalue weighted by atomic mass is 35.5. The third kappa shape index (κ3) is 2.52. The predicted molar refractivity (Wildman–Crippen MR) is 75.7 cm³/mol. The van der Waals surface area contributed by atoms with E-state index in [0.29, 0.717) is 17.4 Å². The normalized spacial score (nSPS) is 12.7. The average Bonchev–Trinajstić information content (AvgIpc) is 3.05. The number of thiazole rings is 1. The summed E-state index contributed by atoms with van der Waals surface area (Å²) in [6.07, 6.45) is 3.49. The van der Waals surface area contributed by atoms with Crippen molar-refractivity contribution < 1.29 is 0 Å². The van der Waals surface area contributed by atoms with Crippen LogP contribution in [0, 0.1) is 0 Å². The lowest BCUT2D eigenvalue weighted by Gasteiger charge is -2.11. The van der Waals surface area contributed by atoms with Crippen molar-refractivity contribution in [3.05, 3.63) is 28.1 Å². The van der Waals surface area contributed by atoms with Gasteiger partial charge in [0.1, 0.15) is 5.82 Å². The molecule has 0 aromatic carbocycles. The Bertz CT molecular complexity index is 680. The summed E-state index contributed by atoms with van der Waals surface area (Å²) in [4.78, 5) is 12.6. The van der Waals surface area contributed by atoms with Gasteiger partial charge in [0.2, 0.25) is 5.28 Å². The molecule has 98 valence electrons. The van der Waals surface area contributed by atoms with Gasteiger partial charge in [-0.2, -0.15) is 15.1 Å². The van der Waals surface area contributed by atoms with Crippen molar-refractivity contribution in [2.75, 3.05) is 11.9 Å². The van der Waals surface area contributed by atoms with Crippen molar-refractivity contribution in [2.45, 2.75) is 12.8 Å². The van der Waals surface area contributed by atoms with E-state index < -0.39 is 0 Å². The first-order valence-electron chi connectivity index (χ1n) is 5.74. The van der Waals surface area contributed by atoms with Crippen molar-refractivity contribution in [1.29, 1.82) is 0 Å². The van der Waals surface area contributed by atoms with Crippen molar-refractivity contribution in [3.63, 3.8) is 0 Å². The van der Waals surface area contributed by atoms with Crippen molar-refractivity contribution in [1.82, 2.24) is 25.1 Å². The molecule has 3 aromatic heterocycles. The highest BCUT2D eigenvalue weighted by Gasteiger charge is 2.11. The van der Waals surface area contributed by atoms with Crippen LogP contribution in [0.15, 0.2) is 17.8 Å². The van der Waals surface area contributed by atoms with Crippen LogP contribution in [0.3, 0.4) is 0 Å². The second-order valence-corrected chi connectivity index (χ2v) is 5.39. The number of hydrogen-bond donors (Lipinski definition) is 2. The van der Waals surface area contributed by atoms with E-state index in [-0.39, 0.29) is 5.28 Å². The van der Waals surface area contributed by atoms with E-state index in [1.54, 1.807) is 17.5 Å². The van der Waals surface area contributed by atoms with Gasteiger partial charge in [-0.1, -0.05) is 6.92 Å². The van der Waals surface area contributed by atoms with E-state index >= 15 is 0 Å². The molecule has 0 aliphatic carbocycles. The molecule has 0 amide bonds. The molecular formula is C11H11ClN6S. The van der Waals surface area contributed by atoms with Crippen LogP contribution in [0.25, 0.3) is 11.0 Å². The summed E-state index contributed by atoms with van der Waals surface area (Å²) in [5.74, 6) is 0.989. The number of hydrogen-bond acceptors (Lipinski definition) is 6. The lowest BCUT2D eigenvalue weighted by atomic mass is 10.2. The first-order chi connectivity index (χ1) is 9.24. The number of anilines is 1. The zero-order chi connectivity index (χ0) is 13.2. The molecule has 3 rings (SSSR count). The fourth-order valence-corrected chi connectivity index (χ4v) is 2.62. The highest BCUT2D eigenvalue weighted by molar-refractivity contribution is 7.09. The Balaban J connectivity index is 1.80. The zero-order valence-electron chi connectivity index (χ0n) is 10.1. The highest BCUT2D eigenvalue weighted by Crippen LogP contribution is 2.22. The fourth-order valence-electron chi connectivity index (χ4n) is 1.76. The van der Waals surface area contributed by atoms with Crippen molar-refractivity contribution in [2.24, 2.45) is 0 Å². The molecule has 0 saturated heterocycles. The summed E-state index contributed by atoms with van der Waals surface area (Å²) in [6, 6.07) is 0. The molecule has 0 bridgehead atoms. The number of nitrogens with one attached hydrogen (secondary N) is 2. The van der Waals surface area contributed by atoms with Gasteiger partial charge in [0.05, 0.1) is 16.6 Å². The topological polar surface area (TPSA) is 79.4 Å². The molecular weight excluding hydrogens is 284 g/mol. The number of rotatable bonds is 4. The first-order valence-corrected chi connectivity index (χ1v) is 6.99. The Morgan fingerprint density at radius 3 is 3.16 bits per heavy atom. The zero-order valence-corrected chi connectivity index (χ0v) is 11.7. The van der Waals surface area contributed by atoms with Crippen LogP contribution in [-0.2, 0) is 0 Å². The molecule has 3 aromatic rings. The molecule has 0 aliphatic heterocycles. The molecule has 0 saturated carbocycles. The van der Waals surface area contributed by atoms with Crippen molar-refractivity contribution >= 4 is 39.8 Å². The van der Waals surface area contributed by atoms with Gasteiger partial charge in [0.25, 0.3) is 0 Å². The van der Waals surface area contributed by atoms with Crippen LogP contribution in [0.4, 0.5) is 5.82 Å². The second kappa shape index (κ2) is 5.10. The lowest BCUT2D eigenvalue weighted by Crippen LogP contribution is -2.11. The largest absolute Gasteiger partial charge is 0.369 e. The van der Waals surface area contributed by atoms with E-state index in [0.717, 1.165) is 16.9 Å². The van der Waals surface area contributed by atoms with E-state index in [9.17, 15) is 0 Å². The Morgan fingerprint density at radius 1 is 1.47 bits per heavy atom. The van der Waals surface area contributed by atoms with Gasteiger partial charge >= 0.3 is 0 Å². The third-order valence-electron chi connectivity index (χ3n) is 2.73. The molecule has 0 radical (unpaired) electrons. The summed E-state index contributed by atoms with van der Waals surface area (Å²) in [5.41, 5.74) is 0.629. The minimum Gasteiger partial charge on any atom is -0.369 e. The molecule has 2 N–H and O–H groups in total. The SMILES string of the molecule is CC(CNc1nc(Cl)nc2[nH]ncc12)c1nccs1. The first kappa shape index (κ1) is 12.3. The van der Waals surface area contributed by atoms with Crippen LogP contribution in [-0.4, -0.2) is 31.7 Å². The molecule has 1 unspecified atom stereocenters. The fraction of sp³-hybridized carbons (Fsp3) is 0.273. The number of H-pyrrole nitrogens is 1. The Kier molecular flexibility index (Phi) is 3.31. The Hall–Kier alpha value is -1.73. The Labute approximate surface area is 118 Å². The second-order valence-electron chi connectivity index (χ2n) is 4.13. The molecule has 0 fully saturated rings. The van der Waals surface area contributed by atoms with Gasteiger partial charge in [-0.05, 0) is 11.6 Å². The number of halogens is 1. The van der Waals surface area contributed by atoms with E-state index in [1.807, 2.05) is 11.6 Å². The molecule has 19 heavy (non-hydrogen) atoms. The minimum atomic E-state index is 0.196. The summed E-state index contributed by atoms with van der Waals surface area (Å²) >= 11 is 7.52. The number of aromatic nitrogens is 5. The van der Waals surface area contributed by atoms with Crippen molar-refractivity contribution in [3.8, 4) is 0 Å². The monoisotopic (exact) mass is 294 g/mol. The van der Waals surface area contributed by atoms with Gasteiger partial charge in [-0.3, -0.25) is 5.10 Å². The standard InChI is InChI=1S/C11H11ClN6S/c1-6(10-13-2-3-19-10)4-14-8-7-5-15-18-9(7)17-11(12)16-8/h2-3,5-6H,4H2,1H3,(H2,14,15,16,17,18). The van der Waals surface area contributed by atoms with E-state index in [2.05, 4.69) is 37.4 Å². The van der Waals surface area contributed by atoms with Crippen LogP contribution in [0.1, 0.15) is 17.8 Å².